The first kappa shape index (κ1) is 10.4. The van der Waals surface area contributed by atoms with Gasteiger partial charge < -0.3 is 4.90 Å². The minimum Gasteiger partial charge on any atom is -0.332 e. The van der Waals surface area contributed by atoms with E-state index in [1.165, 1.54) is 0 Å². The van der Waals surface area contributed by atoms with E-state index >= 15 is 0 Å². The predicted octanol–water partition coefficient (Wildman–Crippen LogP) is 1.56. The Bertz CT molecular complexity index is 525. The second-order valence-corrected chi connectivity index (χ2v) is 5.46. The van der Waals surface area contributed by atoms with Gasteiger partial charge in [0.2, 0.25) is 0 Å². The maximum atomic E-state index is 10.8. The number of anilines is 1. The lowest BCUT2D eigenvalue weighted by Gasteiger charge is -2.12. The first-order chi connectivity index (χ1) is 6.97. The third-order valence-electron chi connectivity index (χ3n) is 2.30. The quantitative estimate of drug-likeness (QED) is 0.705. The van der Waals surface area contributed by atoms with Gasteiger partial charge in [0.05, 0.1) is 0 Å². The Balaban J connectivity index is 2.44. The fourth-order valence-electron chi connectivity index (χ4n) is 1.63. The lowest BCUT2D eigenvalue weighted by molar-refractivity contribution is 0.611. The van der Waals surface area contributed by atoms with Gasteiger partial charge in [0.25, 0.3) is 0 Å². The summed E-state index contributed by atoms with van der Waals surface area (Å²) in [4.78, 5) is 1.73. The number of rotatable bonds is 1. The molecule has 15 heavy (non-hydrogen) atoms. The van der Waals surface area contributed by atoms with Gasteiger partial charge in [-0.1, -0.05) is 18.2 Å². The normalized spacial score (nSPS) is 18.3. The molecule has 1 aliphatic rings. The van der Waals surface area contributed by atoms with Crippen LogP contribution in [0.15, 0.2) is 28.7 Å². The van der Waals surface area contributed by atoms with Crippen LogP contribution in [-0.2, 0) is 15.7 Å². The zero-order valence-electron chi connectivity index (χ0n) is 8.01. The van der Waals surface area contributed by atoms with Crippen molar-refractivity contribution in [1.82, 2.24) is 0 Å². The summed E-state index contributed by atoms with van der Waals surface area (Å²) < 4.78 is 25.2. The minimum absolute atomic E-state index is 0.450. The summed E-state index contributed by atoms with van der Waals surface area (Å²) in [6, 6.07) is 7.66. The fourth-order valence-corrected chi connectivity index (χ4v) is 2.31. The van der Waals surface area contributed by atoms with Crippen LogP contribution in [-0.4, -0.2) is 21.3 Å². The molecule has 0 N–H and O–H groups in total. The molecule has 0 saturated heterocycles. The number of nitrogens with zero attached hydrogens (tertiary/aromatic N) is 2. The molecule has 0 saturated carbocycles. The second kappa shape index (κ2) is 3.50. The third-order valence-corrected chi connectivity index (χ3v) is 2.94. The van der Waals surface area contributed by atoms with Crippen molar-refractivity contribution in [2.45, 2.75) is 6.42 Å². The Morgan fingerprint density at radius 1 is 1.40 bits per heavy atom. The molecule has 80 valence electrons. The molecule has 0 atom stereocenters. The van der Waals surface area contributed by atoms with Crippen LogP contribution in [0.1, 0.15) is 5.56 Å². The number of fused-ring (bicyclic) bond motifs is 1. The number of hydrogen-bond acceptors (Lipinski definition) is 2. The fraction of sp³-hybridized carbons (Fsp3) is 0.222. The van der Waals surface area contributed by atoms with E-state index in [1.807, 2.05) is 24.3 Å². The molecule has 1 heterocycles. The van der Waals surface area contributed by atoms with E-state index in [-0.39, 0.29) is 0 Å². The van der Waals surface area contributed by atoms with Gasteiger partial charge in [0, 0.05) is 29.8 Å². The molecule has 0 amide bonds. The molecule has 0 fully saturated rings. The van der Waals surface area contributed by atoms with Crippen LogP contribution in [0.3, 0.4) is 0 Å². The standard InChI is InChI=1S/C9H9ClN2O2S/c1-12-8-5-3-2-4-7(8)6-9(12)11-15(10,13)14/h2-5H,6H2,1H3/b11-9-. The molecular formula is C9H9ClN2O2S. The zero-order chi connectivity index (χ0) is 11.1. The van der Waals surface area contributed by atoms with Crippen LogP contribution in [0.25, 0.3) is 0 Å². The molecule has 0 aromatic heterocycles. The number of amidine groups is 1. The van der Waals surface area contributed by atoms with E-state index in [0.29, 0.717) is 12.3 Å². The highest BCUT2D eigenvalue weighted by Gasteiger charge is 2.23. The highest BCUT2D eigenvalue weighted by molar-refractivity contribution is 8.12. The summed E-state index contributed by atoms with van der Waals surface area (Å²) in [5.41, 5.74) is 2.02. The molecule has 2 rings (SSSR count). The van der Waals surface area contributed by atoms with Gasteiger partial charge in [-0.05, 0) is 11.6 Å². The van der Waals surface area contributed by atoms with Crippen molar-refractivity contribution in [2.75, 3.05) is 11.9 Å². The molecule has 1 aliphatic heterocycles. The molecule has 0 spiro atoms. The van der Waals surface area contributed by atoms with Gasteiger partial charge in [0.1, 0.15) is 5.84 Å². The van der Waals surface area contributed by atoms with Crippen molar-refractivity contribution >= 4 is 31.4 Å². The van der Waals surface area contributed by atoms with Crippen molar-refractivity contribution in [2.24, 2.45) is 4.40 Å². The Hall–Kier alpha value is -1.07. The third kappa shape index (κ3) is 2.13. The Morgan fingerprint density at radius 3 is 2.67 bits per heavy atom. The summed E-state index contributed by atoms with van der Waals surface area (Å²) in [6.07, 6.45) is 0.499. The van der Waals surface area contributed by atoms with Crippen LogP contribution in [0, 0.1) is 0 Å². The van der Waals surface area contributed by atoms with Crippen LogP contribution < -0.4 is 4.90 Å². The lowest BCUT2D eigenvalue weighted by atomic mass is 10.2. The van der Waals surface area contributed by atoms with Gasteiger partial charge in [-0.25, -0.2) is 0 Å². The molecule has 1 aromatic carbocycles. The summed E-state index contributed by atoms with van der Waals surface area (Å²) >= 11 is 0. The van der Waals surface area contributed by atoms with Gasteiger partial charge in [-0.2, -0.15) is 8.42 Å². The monoisotopic (exact) mass is 244 g/mol. The second-order valence-electron chi connectivity index (χ2n) is 3.28. The predicted molar refractivity (Wildman–Crippen MR) is 60.8 cm³/mol. The summed E-state index contributed by atoms with van der Waals surface area (Å²) in [5.74, 6) is 0.450. The SMILES string of the molecule is CN1/C(=N\S(=O)(=O)Cl)Cc2ccccc21. The van der Waals surface area contributed by atoms with E-state index in [9.17, 15) is 8.42 Å². The van der Waals surface area contributed by atoms with E-state index in [0.717, 1.165) is 11.3 Å². The molecule has 1 aromatic rings. The van der Waals surface area contributed by atoms with Crippen LogP contribution >= 0.6 is 10.7 Å². The maximum absolute atomic E-state index is 10.8. The maximum Gasteiger partial charge on any atom is 0.341 e. The van der Waals surface area contributed by atoms with Gasteiger partial charge in [-0.15, -0.1) is 4.40 Å². The van der Waals surface area contributed by atoms with E-state index < -0.39 is 9.24 Å². The topological polar surface area (TPSA) is 49.7 Å². The zero-order valence-corrected chi connectivity index (χ0v) is 9.59. The number of para-hydroxylation sites is 1. The highest BCUT2D eigenvalue weighted by atomic mass is 35.7. The van der Waals surface area contributed by atoms with E-state index in [4.69, 9.17) is 10.7 Å². The smallest absolute Gasteiger partial charge is 0.332 e. The molecule has 0 aliphatic carbocycles. The molecule has 6 heteroatoms. The van der Waals surface area contributed by atoms with Crippen molar-refractivity contribution in [1.29, 1.82) is 0 Å². The summed E-state index contributed by atoms with van der Waals surface area (Å²) in [5, 5.41) is 0. The first-order valence-electron chi connectivity index (χ1n) is 4.32. The first-order valence-corrected chi connectivity index (χ1v) is 6.59. The molecular weight excluding hydrogens is 236 g/mol. The molecule has 0 unspecified atom stereocenters. The highest BCUT2D eigenvalue weighted by Crippen LogP contribution is 2.28. The molecule has 0 radical (unpaired) electrons. The van der Waals surface area contributed by atoms with Gasteiger partial charge >= 0.3 is 9.24 Å². The summed E-state index contributed by atoms with van der Waals surface area (Å²) in [7, 11) is 3.01. The Labute approximate surface area is 92.7 Å². The Kier molecular flexibility index (Phi) is 2.44. The number of benzene rings is 1. The van der Waals surface area contributed by atoms with Crippen LogP contribution in [0.5, 0.6) is 0 Å². The average Bonchev–Trinajstić information content (AvgIpc) is 2.42. The lowest BCUT2D eigenvalue weighted by Crippen LogP contribution is -2.22. The Morgan fingerprint density at radius 2 is 2.07 bits per heavy atom. The number of halogens is 1. The minimum atomic E-state index is -3.84. The van der Waals surface area contributed by atoms with E-state index in [2.05, 4.69) is 4.40 Å². The van der Waals surface area contributed by atoms with Gasteiger partial charge in [-0.3, -0.25) is 0 Å². The number of hydrogen-bond donors (Lipinski definition) is 0. The van der Waals surface area contributed by atoms with E-state index in [1.54, 1.807) is 11.9 Å². The van der Waals surface area contributed by atoms with Crippen molar-refractivity contribution in [3.8, 4) is 0 Å². The summed E-state index contributed by atoms with van der Waals surface area (Å²) in [6.45, 7) is 0. The molecule has 0 bridgehead atoms. The van der Waals surface area contributed by atoms with Crippen molar-refractivity contribution < 1.29 is 8.42 Å². The van der Waals surface area contributed by atoms with Crippen LogP contribution in [0.4, 0.5) is 5.69 Å². The van der Waals surface area contributed by atoms with Crippen molar-refractivity contribution in [3.05, 3.63) is 29.8 Å². The van der Waals surface area contributed by atoms with Crippen LogP contribution in [0.2, 0.25) is 0 Å². The largest absolute Gasteiger partial charge is 0.341 e. The number of likely N-dealkylation sites (N-methyl/N-ethyl adjacent to an activating group) is 1. The van der Waals surface area contributed by atoms with Gasteiger partial charge in [0.15, 0.2) is 0 Å². The van der Waals surface area contributed by atoms with Crippen molar-refractivity contribution in [3.63, 3.8) is 0 Å². The average molecular weight is 245 g/mol. The molecule has 4 nitrogen and oxygen atoms in total.